The first-order chi connectivity index (χ1) is 14.0. The summed E-state index contributed by atoms with van der Waals surface area (Å²) in [7, 11) is -16.8. The average molecular weight is 512 g/mol. The maximum atomic E-state index is 13.6. The van der Waals surface area contributed by atoms with Crippen molar-refractivity contribution in [2.75, 3.05) is 6.61 Å². The third kappa shape index (κ3) is 5.30. The number of aliphatic hydroxyl groups excluding tert-OH is 1. The fraction of sp³-hybridized carbons (Fsp3) is 0.636. The van der Waals surface area contributed by atoms with Gasteiger partial charge in [-0.3, -0.25) is 18.9 Å². The van der Waals surface area contributed by atoms with E-state index in [1.165, 1.54) is 0 Å². The largest absolute Gasteiger partial charge is 0.490 e. The Balaban J connectivity index is 1.75. The molecule has 2 bridgehead atoms. The van der Waals surface area contributed by atoms with E-state index in [1.807, 2.05) is 0 Å². The molecule has 1 aromatic heterocycles. The van der Waals surface area contributed by atoms with E-state index < -0.39 is 71.0 Å². The number of aliphatic hydroxyl groups is 1. The number of rotatable bonds is 8. The summed E-state index contributed by atoms with van der Waals surface area (Å²) in [5.41, 5.74) is -4.04. The topological polar surface area (TPSA) is 244 Å². The van der Waals surface area contributed by atoms with Gasteiger partial charge in [-0.25, -0.2) is 18.5 Å². The lowest BCUT2D eigenvalue weighted by Gasteiger charge is -2.31. The maximum absolute atomic E-state index is 13.6. The molecule has 176 valence electrons. The summed E-state index contributed by atoms with van der Waals surface area (Å²) >= 11 is 0. The Morgan fingerprint density at radius 1 is 1.19 bits per heavy atom. The SMILES string of the molecule is O=c1[nH]c(=O)n([C@@H]2O[C@@]3(COP(=O)(O)OP(=O)(O)OP(=O)(O)O)CC[C@@H]2[C@@H]3O)cc1F. The molecule has 1 saturated carbocycles. The first-order valence-corrected chi connectivity index (χ1v) is 12.7. The molecule has 2 heterocycles. The molecule has 1 aromatic rings. The second-order valence-electron chi connectivity index (χ2n) is 6.73. The van der Waals surface area contributed by atoms with Gasteiger partial charge in [-0.1, -0.05) is 0 Å². The number of ether oxygens (including phenoxy) is 1. The molecular weight excluding hydrogens is 496 g/mol. The Morgan fingerprint density at radius 3 is 2.45 bits per heavy atom. The quantitative estimate of drug-likeness (QED) is 0.230. The van der Waals surface area contributed by atoms with Crippen LogP contribution in [0.1, 0.15) is 19.1 Å². The number of fused-ring (bicyclic) bond motifs is 2. The highest BCUT2D eigenvalue weighted by Crippen LogP contribution is 2.67. The van der Waals surface area contributed by atoms with Crippen molar-refractivity contribution in [2.24, 2.45) is 5.92 Å². The van der Waals surface area contributed by atoms with E-state index in [2.05, 4.69) is 13.1 Å². The van der Waals surface area contributed by atoms with E-state index >= 15 is 0 Å². The summed E-state index contributed by atoms with van der Waals surface area (Å²) in [6.07, 6.45) is -1.93. The number of nitrogens with zero attached hydrogens (tertiary/aromatic N) is 1. The molecule has 6 atom stereocenters. The van der Waals surface area contributed by atoms with E-state index in [0.717, 1.165) is 0 Å². The van der Waals surface area contributed by atoms with Gasteiger partial charge < -0.3 is 29.4 Å². The molecule has 1 aliphatic heterocycles. The van der Waals surface area contributed by atoms with Crippen molar-refractivity contribution >= 4 is 23.5 Å². The Morgan fingerprint density at radius 2 is 1.84 bits per heavy atom. The van der Waals surface area contributed by atoms with Crippen LogP contribution in [0.15, 0.2) is 15.8 Å². The summed E-state index contributed by atoms with van der Waals surface area (Å²) in [5, 5.41) is 10.5. The first-order valence-electron chi connectivity index (χ1n) is 8.19. The number of halogens is 1. The predicted octanol–water partition coefficient (Wildman–Crippen LogP) is -0.943. The number of phosphoric acid groups is 3. The molecule has 0 spiro atoms. The van der Waals surface area contributed by atoms with Gasteiger partial charge in [-0.15, -0.1) is 0 Å². The van der Waals surface area contributed by atoms with Crippen molar-refractivity contribution in [3.8, 4) is 0 Å². The zero-order chi connectivity index (χ0) is 23.4. The summed E-state index contributed by atoms with van der Waals surface area (Å²) in [6, 6.07) is 0. The van der Waals surface area contributed by atoms with Gasteiger partial charge >= 0.3 is 29.2 Å². The Kier molecular flexibility index (Phi) is 6.39. The van der Waals surface area contributed by atoms with E-state index in [-0.39, 0.29) is 12.8 Å². The molecule has 2 unspecified atom stereocenters. The van der Waals surface area contributed by atoms with Gasteiger partial charge in [0.1, 0.15) is 11.8 Å². The highest BCUT2D eigenvalue weighted by atomic mass is 31.3. The highest BCUT2D eigenvalue weighted by Gasteiger charge is 2.61. The maximum Gasteiger partial charge on any atom is 0.490 e. The summed E-state index contributed by atoms with van der Waals surface area (Å²) < 4.78 is 65.4. The zero-order valence-electron chi connectivity index (χ0n) is 15.0. The minimum Gasteiger partial charge on any atom is -0.390 e. The Bertz CT molecular complexity index is 1130. The molecule has 1 aliphatic carbocycles. The fourth-order valence-electron chi connectivity index (χ4n) is 3.46. The van der Waals surface area contributed by atoms with Gasteiger partial charge in [-0.05, 0) is 12.8 Å². The van der Waals surface area contributed by atoms with Gasteiger partial charge in [0.25, 0.3) is 5.56 Å². The lowest BCUT2D eigenvalue weighted by atomic mass is 10.0. The van der Waals surface area contributed by atoms with Crippen LogP contribution in [0, 0.1) is 11.7 Å². The summed E-state index contributed by atoms with van der Waals surface area (Å²) in [6.45, 7) is -0.939. The smallest absolute Gasteiger partial charge is 0.390 e. The standard InChI is InChI=1S/C11H16FN2O14P3/c12-6-3-14(10(17)13-8(6)16)9-5-1-2-11(26-9,7(5)15)4-25-30(21,22)28-31(23,24)27-29(18,19)20/h3,5,7,9,15H,1-2,4H2,(H,21,22)(H,23,24)(H,13,16,17)(H2,18,19,20)/t5-,7+,9-,11-/m1/s1. The third-order valence-electron chi connectivity index (χ3n) is 4.65. The van der Waals surface area contributed by atoms with Crippen molar-refractivity contribution in [3.63, 3.8) is 0 Å². The van der Waals surface area contributed by atoms with Crippen LogP contribution < -0.4 is 11.2 Å². The van der Waals surface area contributed by atoms with Crippen LogP contribution in [-0.4, -0.2) is 52.5 Å². The predicted molar refractivity (Wildman–Crippen MR) is 92.7 cm³/mol. The molecule has 1 saturated heterocycles. The Labute approximate surface area is 170 Å². The number of hydrogen-bond acceptors (Lipinski definition) is 10. The lowest BCUT2D eigenvalue weighted by molar-refractivity contribution is -0.139. The van der Waals surface area contributed by atoms with E-state index in [9.17, 15) is 37.7 Å². The van der Waals surface area contributed by atoms with Gasteiger partial charge in [0.2, 0.25) is 5.82 Å². The highest BCUT2D eigenvalue weighted by molar-refractivity contribution is 7.66. The van der Waals surface area contributed by atoms with Crippen molar-refractivity contribution in [1.29, 1.82) is 0 Å². The van der Waals surface area contributed by atoms with Crippen LogP contribution >= 0.6 is 23.5 Å². The van der Waals surface area contributed by atoms with E-state index in [4.69, 9.17) is 19.4 Å². The van der Waals surface area contributed by atoms with Crippen LogP contribution in [0.3, 0.4) is 0 Å². The van der Waals surface area contributed by atoms with Gasteiger partial charge in [0, 0.05) is 5.92 Å². The molecule has 20 heteroatoms. The number of phosphoric ester groups is 1. The monoisotopic (exact) mass is 512 g/mol. The molecule has 0 amide bonds. The first kappa shape index (κ1) is 24.6. The van der Waals surface area contributed by atoms with Crippen LogP contribution in [-0.2, 0) is 31.6 Å². The summed E-state index contributed by atoms with van der Waals surface area (Å²) in [4.78, 5) is 60.6. The number of aromatic nitrogens is 2. The Hall–Kier alpha value is -1.06. The second-order valence-corrected chi connectivity index (χ2v) is 11.1. The minimum atomic E-state index is -5.73. The number of H-pyrrole nitrogens is 1. The normalized spacial score (nSPS) is 32.0. The average Bonchev–Trinajstić information content (AvgIpc) is 3.03. The zero-order valence-corrected chi connectivity index (χ0v) is 17.7. The molecule has 6 N–H and O–H groups in total. The second kappa shape index (κ2) is 8.06. The molecule has 2 aliphatic rings. The van der Waals surface area contributed by atoms with Crippen molar-refractivity contribution in [2.45, 2.75) is 30.8 Å². The number of aromatic amines is 1. The molecular formula is C11H16FN2O14P3. The minimum absolute atomic E-state index is 0.0195. The van der Waals surface area contributed by atoms with Crippen LogP contribution in [0.2, 0.25) is 0 Å². The molecule has 16 nitrogen and oxygen atoms in total. The van der Waals surface area contributed by atoms with E-state index in [1.54, 1.807) is 4.98 Å². The molecule has 2 fully saturated rings. The molecule has 3 rings (SSSR count). The number of hydrogen-bond donors (Lipinski definition) is 6. The van der Waals surface area contributed by atoms with Gasteiger partial charge in [-0.2, -0.15) is 13.0 Å². The van der Waals surface area contributed by atoms with Crippen molar-refractivity contribution in [1.82, 2.24) is 9.55 Å². The molecule has 0 aromatic carbocycles. The molecule has 31 heavy (non-hydrogen) atoms. The van der Waals surface area contributed by atoms with Gasteiger partial charge in [0.15, 0.2) is 0 Å². The van der Waals surface area contributed by atoms with Gasteiger partial charge in [0.05, 0.1) is 18.9 Å². The van der Waals surface area contributed by atoms with Crippen LogP contribution in [0.25, 0.3) is 0 Å². The van der Waals surface area contributed by atoms with Crippen LogP contribution in [0.5, 0.6) is 0 Å². The summed E-state index contributed by atoms with van der Waals surface area (Å²) in [5.74, 6) is -2.12. The number of nitrogens with one attached hydrogen (secondary N) is 1. The van der Waals surface area contributed by atoms with Crippen molar-refractivity contribution < 1.29 is 60.6 Å². The fourth-order valence-corrected chi connectivity index (χ4v) is 6.54. The van der Waals surface area contributed by atoms with E-state index in [0.29, 0.717) is 10.8 Å². The van der Waals surface area contributed by atoms with Crippen molar-refractivity contribution in [3.05, 3.63) is 32.9 Å². The third-order valence-corrected chi connectivity index (χ3v) is 8.44. The lowest BCUT2D eigenvalue weighted by Crippen LogP contribution is -2.42. The molecule has 0 radical (unpaired) electrons. The van der Waals surface area contributed by atoms with Crippen LogP contribution in [0.4, 0.5) is 4.39 Å².